The molecule has 0 aromatic carbocycles. The molecule has 20 heavy (non-hydrogen) atoms. The molecule has 0 spiro atoms. The van der Waals surface area contributed by atoms with Crippen LogP contribution in [0.4, 0.5) is 5.95 Å². The van der Waals surface area contributed by atoms with Crippen LogP contribution >= 0.6 is 22.9 Å². The predicted molar refractivity (Wildman–Crippen MR) is 75.9 cm³/mol. The van der Waals surface area contributed by atoms with Gasteiger partial charge in [0, 0.05) is 13.1 Å². The first-order valence-electron chi connectivity index (χ1n) is 6.01. The van der Waals surface area contributed by atoms with E-state index in [-0.39, 0.29) is 5.28 Å². The van der Waals surface area contributed by atoms with Crippen LogP contribution in [0.1, 0.15) is 4.88 Å². The van der Waals surface area contributed by atoms with E-state index >= 15 is 0 Å². The number of aromatic nitrogens is 3. The largest absolute Gasteiger partial charge is 0.378 e. The van der Waals surface area contributed by atoms with E-state index in [0.717, 1.165) is 18.0 Å². The fourth-order valence-electron chi connectivity index (χ4n) is 1.87. The van der Waals surface area contributed by atoms with E-state index in [9.17, 15) is 0 Å². The number of hydrogen-bond acceptors (Lipinski definition) is 7. The first-order chi connectivity index (χ1) is 9.76. The van der Waals surface area contributed by atoms with Crippen LogP contribution in [0.3, 0.4) is 0 Å². The molecule has 8 heteroatoms. The van der Waals surface area contributed by atoms with E-state index in [2.05, 4.69) is 21.0 Å². The highest BCUT2D eigenvalue weighted by Crippen LogP contribution is 2.26. The maximum absolute atomic E-state index is 8.87. The van der Waals surface area contributed by atoms with Crippen molar-refractivity contribution in [3.63, 3.8) is 0 Å². The van der Waals surface area contributed by atoms with E-state index in [1.165, 1.54) is 11.3 Å². The Bertz CT molecular complexity index is 662. The van der Waals surface area contributed by atoms with Crippen molar-refractivity contribution in [1.29, 1.82) is 5.26 Å². The van der Waals surface area contributed by atoms with Crippen LogP contribution in [-0.4, -0.2) is 41.3 Å². The van der Waals surface area contributed by atoms with Gasteiger partial charge in [0.2, 0.25) is 11.2 Å². The molecular weight excluding hydrogens is 298 g/mol. The lowest BCUT2D eigenvalue weighted by molar-refractivity contribution is 0.122. The number of thiophene rings is 1. The first-order valence-corrected chi connectivity index (χ1v) is 7.20. The molecule has 102 valence electrons. The van der Waals surface area contributed by atoms with Gasteiger partial charge in [0.1, 0.15) is 10.9 Å². The van der Waals surface area contributed by atoms with Crippen LogP contribution < -0.4 is 4.90 Å². The second kappa shape index (κ2) is 5.71. The topological polar surface area (TPSA) is 74.9 Å². The van der Waals surface area contributed by atoms with Crippen molar-refractivity contribution < 1.29 is 4.74 Å². The van der Waals surface area contributed by atoms with Crippen LogP contribution in [0, 0.1) is 11.3 Å². The number of ether oxygens (including phenoxy) is 1. The highest BCUT2D eigenvalue weighted by atomic mass is 35.5. The molecule has 3 heterocycles. The summed E-state index contributed by atoms with van der Waals surface area (Å²) in [5.41, 5.74) is 0. The van der Waals surface area contributed by atoms with Gasteiger partial charge in [0.05, 0.1) is 18.1 Å². The molecule has 0 unspecified atom stereocenters. The highest BCUT2D eigenvalue weighted by Gasteiger charge is 2.17. The maximum atomic E-state index is 8.87. The molecule has 1 fully saturated rings. The Morgan fingerprint density at radius 1 is 1.25 bits per heavy atom. The summed E-state index contributed by atoms with van der Waals surface area (Å²) < 4.78 is 5.30. The normalized spacial score (nSPS) is 15.1. The smallest absolute Gasteiger partial charge is 0.230 e. The first kappa shape index (κ1) is 13.2. The summed E-state index contributed by atoms with van der Waals surface area (Å²) in [4.78, 5) is 16.2. The molecule has 0 N–H and O–H groups in total. The van der Waals surface area contributed by atoms with Gasteiger partial charge in [0.15, 0.2) is 5.82 Å². The van der Waals surface area contributed by atoms with Crippen molar-refractivity contribution in [3.8, 4) is 16.8 Å². The third-order valence-corrected chi connectivity index (χ3v) is 3.98. The molecule has 1 saturated heterocycles. The molecule has 3 rings (SSSR count). The monoisotopic (exact) mass is 307 g/mol. The standard InChI is InChI=1S/C12H10ClN5OS/c13-11-15-10(9-2-1-8(7-14)20-9)16-12(17-11)18-3-5-19-6-4-18/h1-2H,3-6H2. The minimum atomic E-state index is 0.156. The molecule has 2 aromatic rings. The van der Waals surface area contributed by atoms with Crippen LogP contribution in [0.2, 0.25) is 5.28 Å². The van der Waals surface area contributed by atoms with Crippen molar-refractivity contribution in [3.05, 3.63) is 22.3 Å². The van der Waals surface area contributed by atoms with Crippen LogP contribution in [0.15, 0.2) is 12.1 Å². The Morgan fingerprint density at radius 2 is 2.05 bits per heavy atom. The number of nitrogens with zero attached hydrogens (tertiary/aromatic N) is 5. The molecule has 0 atom stereocenters. The average molecular weight is 308 g/mol. The second-order valence-electron chi connectivity index (χ2n) is 4.10. The van der Waals surface area contributed by atoms with Gasteiger partial charge >= 0.3 is 0 Å². The van der Waals surface area contributed by atoms with E-state index < -0.39 is 0 Å². The minimum absolute atomic E-state index is 0.156. The minimum Gasteiger partial charge on any atom is -0.378 e. The Morgan fingerprint density at radius 3 is 2.75 bits per heavy atom. The zero-order chi connectivity index (χ0) is 13.9. The number of nitriles is 1. The molecule has 6 nitrogen and oxygen atoms in total. The molecule has 2 aromatic heterocycles. The Balaban J connectivity index is 1.95. The number of anilines is 1. The van der Waals surface area contributed by atoms with Crippen LogP contribution in [0.5, 0.6) is 0 Å². The number of morpholine rings is 1. The zero-order valence-electron chi connectivity index (χ0n) is 10.4. The fraction of sp³-hybridized carbons (Fsp3) is 0.333. The third kappa shape index (κ3) is 2.72. The van der Waals surface area contributed by atoms with E-state index in [1.54, 1.807) is 6.07 Å². The Labute approximate surface area is 124 Å². The Kier molecular flexibility index (Phi) is 3.78. The van der Waals surface area contributed by atoms with Crippen LogP contribution in [0.25, 0.3) is 10.7 Å². The van der Waals surface area contributed by atoms with Gasteiger partial charge in [-0.05, 0) is 23.7 Å². The van der Waals surface area contributed by atoms with Gasteiger partial charge in [-0.2, -0.15) is 20.2 Å². The summed E-state index contributed by atoms with van der Waals surface area (Å²) in [6.07, 6.45) is 0. The zero-order valence-corrected chi connectivity index (χ0v) is 12.0. The molecule has 0 aliphatic carbocycles. The van der Waals surface area contributed by atoms with Crippen LogP contribution in [-0.2, 0) is 4.74 Å². The van der Waals surface area contributed by atoms with Crippen molar-refractivity contribution >= 4 is 28.9 Å². The fourth-order valence-corrected chi connectivity index (χ4v) is 2.77. The van der Waals surface area contributed by atoms with Gasteiger partial charge in [-0.1, -0.05) is 0 Å². The van der Waals surface area contributed by atoms with Crippen molar-refractivity contribution in [2.75, 3.05) is 31.2 Å². The lowest BCUT2D eigenvalue weighted by atomic mass is 10.4. The number of halogens is 1. The molecule has 0 radical (unpaired) electrons. The summed E-state index contributed by atoms with van der Waals surface area (Å²) in [6.45, 7) is 2.76. The summed E-state index contributed by atoms with van der Waals surface area (Å²) in [5.74, 6) is 1.05. The summed E-state index contributed by atoms with van der Waals surface area (Å²) in [5, 5.41) is 9.03. The molecule has 0 bridgehead atoms. The third-order valence-electron chi connectivity index (χ3n) is 2.83. The van der Waals surface area contributed by atoms with Crippen molar-refractivity contribution in [2.45, 2.75) is 0 Å². The predicted octanol–water partition coefficient (Wildman–Crippen LogP) is 1.96. The van der Waals surface area contributed by atoms with Crippen molar-refractivity contribution in [2.24, 2.45) is 0 Å². The average Bonchev–Trinajstić information content (AvgIpc) is 2.96. The molecule has 1 aliphatic heterocycles. The second-order valence-corrected chi connectivity index (χ2v) is 5.53. The van der Waals surface area contributed by atoms with Gasteiger partial charge in [0.25, 0.3) is 0 Å². The van der Waals surface area contributed by atoms with E-state index in [0.29, 0.717) is 29.9 Å². The van der Waals surface area contributed by atoms with Gasteiger partial charge in [-0.3, -0.25) is 0 Å². The van der Waals surface area contributed by atoms with Gasteiger partial charge in [-0.25, -0.2) is 0 Å². The van der Waals surface area contributed by atoms with Crippen molar-refractivity contribution in [1.82, 2.24) is 15.0 Å². The lowest BCUT2D eigenvalue weighted by Crippen LogP contribution is -2.37. The SMILES string of the molecule is N#Cc1ccc(-c2nc(Cl)nc(N3CCOCC3)n2)s1. The van der Waals surface area contributed by atoms with E-state index in [4.69, 9.17) is 21.6 Å². The van der Waals surface area contributed by atoms with Gasteiger partial charge in [-0.15, -0.1) is 11.3 Å². The Hall–Kier alpha value is -1.75. The quantitative estimate of drug-likeness (QED) is 0.844. The number of hydrogen-bond donors (Lipinski definition) is 0. The summed E-state index contributed by atoms with van der Waals surface area (Å²) in [6, 6.07) is 5.66. The number of rotatable bonds is 2. The molecular formula is C12H10ClN5OS. The summed E-state index contributed by atoms with van der Waals surface area (Å²) >= 11 is 7.31. The lowest BCUT2D eigenvalue weighted by Gasteiger charge is -2.26. The van der Waals surface area contributed by atoms with E-state index in [1.807, 2.05) is 11.0 Å². The maximum Gasteiger partial charge on any atom is 0.230 e. The highest BCUT2D eigenvalue weighted by molar-refractivity contribution is 7.15. The molecule has 0 saturated carbocycles. The summed E-state index contributed by atoms with van der Waals surface area (Å²) in [7, 11) is 0. The molecule has 1 aliphatic rings. The van der Waals surface area contributed by atoms with Gasteiger partial charge < -0.3 is 9.64 Å². The molecule has 0 amide bonds.